The van der Waals surface area contributed by atoms with E-state index in [0.29, 0.717) is 12.8 Å². The SMILES string of the molecule is CC(O)C(NC(=O)CN)C(=O)NC(Cc1c[nH]c2ccccc12)C(=O)N1CCCC1C(=O)O. The molecule has 1 aromatic carbocycles. The van der Waals surface area contributed by atoms with Crippen LogP contribution in [0.3, 0.4) is 0 Å². The molecule has 0 bridgehead atoms. The molecule has 1 aliphatic rings. The summed E-state index contributed by atoms with van der Waals surface area (Å²) in [6.45, 7) is 1.22. The molecule has 11 nitrogen and oxygen atoms in total. The molecule has 33 heavy (non-hydrogen) atoms. The number of aromatic amines is 1. The van der Waals surface area contributed by atoms with Crippen LogP contribution in [0.15, 0.2) is 30.5 Å². The van der Waals surface area contributed by atoms with E-state index in [9.17, 15) is 29.4 Å². The van der Waals surface area contributed by atoms with Gasteiger partial charge in [0.2, 0.25) is 17.7 Å². The highest BCUT2D eigenvalue weighted by Crippen LogP contribution is 2.23. The first kappa shape index (κ1) is 24.2. The second-order valence-corrected chi connectivity index (χ2v) is 8.14. The molecule has 7 N–H and O–H groups in total. The number of hydrogen-bond donors (Lipinski definition) is 6. The minimum atomic E-state index is -1.33. The summed E-state index contributed by atoms with van der Waals surface area (Å²) in [5.74, 6) is -3.04. The van der Waals surface area contributed by atoms with Gasteiger partial charge in [-0.3, -0.25) is 14.4 Å². The van der Waals surface area contributed by atoms with Crippen LogP contribution in [0, 0.1) is 0 Å². The summed E-state index contributed by atoms with van der Waals surface area (Å²) in [5.41, 5.74) is 6.91. The Morgan fingerprint density at radius 1 is 1.24 bits per heavy atom. The van der Waals surface area contributed by atoms with Crippen molar-refractivity contribution in [3.63, 3.8) is 0 Å². The second-order valence-electron chi connectivity index (χ2n) is 8.14. The lowest BCUT2D eigenvalue weighted by Gasteiger charge is -2.29. The summed E-state index contributed by atoms with van der Waals surface area (Å²) < 4.78 is 0. The van der Waals surface area contributed by atoms with Gasteiger partial charge in [-0.25, -0.2) is 4.79 Å². The van der Waals surface area contributed by atoms with Crippen molar-refractivity contribution in [2.24, 2.45) is 5.73 Å². The van der Waals surface area contributed by atoms with Gasteiger partial charge < -0.3 is 36.5 Å². The molecule has 3 rings (SSSR count). The fourth-order valence-electron chi connectivity index (χ4n) is 4.11. The van der Waals surface area contributed by atoms with Crippen LogP contribution < -0.4 is 16.4 Å². The van der Waals surface area contributed by atoms with Crippen LogP contribution in [0.25, 0.3) is 10.9 Å². The van der Waals surface area contributed by atoms with Crippen molar-refractivity contribution in [2.45, 2.75) is 50.4 Å². The van der Waals surface area contributed by atoms with E-state index in [0.717, 1.165) is 16.5 Å². The van der Waals surface area contributed by atoms with Gasteiger partial charge in [0.25, 0.3) is 0 Å². The Hall–Kier alpha value is -3.44. The third-order valence-electron chi connectivity index (χ3n) is 5.80. The lowest BCUT2D eigenvalue weighted by atomic mass is 10.0. The van der Waals surface area contributed by atoms with E-state index in [-0.39, 0.29) is 19.5 Å². The molecule has 0 saturated carbocycles. The molecule has 3 amide bonds. The van der Waals surface area contributed by atoms with Crippen LogP contribution >= 0.6 is 0 Å². The summed E-state index contributed by atoms with van der Waals surface area (Å²) in [7, 11) is 0. The van der Waals surface area contributed by atoms with Gasteiger partial charge in [-0.2, -0.15) is 0 Å². The Morgan fingerprint density at radius 3 is 2.64 bits per heavy atom. The van der Waals surface area contributed by atoms with Crippen molar-refractivity contribution in [2.75, 3.05) is 13.1 Å². The molecule has 0 aliphatic carbocycles. The van der Waals surface area contributed by atoms with E-state index in [4.69, 9.17) is 5.73 Å². The average molecular weight is 460 g/mol. The lowest BCUT2D eigenvalue weighted by Crippen LogP contribution is -2.59. The molecule has 2 heterocycles. The fourth-order valence-corrected chi connectivity index (χ4v) is 4.11. The molecule has 0 radical (unpaired) electrons. The standard InChI is InChI=1S/C22H29N5O6/c1-12(28)19(26-18(29)10-23)20(30)25-16(21(31)27-8-4-7-17(27)22(32)33)9-13-11-24-15-6-3-2-5-14(13)15/h2-3,5-6,11-12,16-17,19,24,28H,4,7-10,23H2,1H3,(H,25,30)(H,26,29)(H,32,33). The number of aliphatic carboxylic acids is 1. The number of rotatable bonds is 9. The third-order valence-corrected chi connectivity index (χ3v) is 5.80. The van der Waals surface area contributed by atoms with E-state index in [1.165, 1.54) is 11.8 Å². The molecule has 1 fully saturated rings. The number of carbonyl (C=O) groups excluding carboxylic acids is 3. The Kier molecular flexibility index (Phi) is 7.67. The number of carboxylic acids is 1. The van der Waals surface area contributed by atoms with E-state index < -0.39 is 47.9 Å². The monoisotopic (exact) mass is 459 g/mol. The van der Waals surface area contributed by atoms with Crippen LogP contribution in [-0.2, 0) is 25.6 Å². The quantitative estimate of drug-likeness (QED) is 0.281. The number of aliphatic hydroxyl groups excluding tert-OH is 1. The Labute approximate surface area is 190 Å². The number of para-hydroxylation sites is 1. The summed E-state index contributed by atoms with van der Waals surface area (Å²) in [5, 5.41) is 25.3. The number of aliphatic hydroxyl groups is 1. The van der Waals surface area contributed by atoms with Crippen LogP contribution in [-0.4, -0.2) is 81.1 Å². The number of carbonyl (C=O) groups is 4. The molecule has 4 unspecified atom stereocenters. The summed E-state index contributed by atoms with van der Waals surface area (Å²) in [6.07, 6.45) is 1.45. The maximum absolute atomic E-state index is 13.4. The van der Waals surface area contributed by atoms with E-state index in [1.54, 1.807) is 6.20 Å². The Morgan fingerprint density at radius 2 is 1.97 bits per heavy atom. The highest BCUT2D eigenvalue weighted by molar-refractivity contribution is 5.95. The van der Waals surface area contributed by atoms with Gasteiger partial charge in [0.05, 0.1) is 12.6 Å². The molecule has 1 saturated heterocycles. The number of nitrogens with one attached hydrogen (secondary N) is 3. The highest BCUT2D eigenvalue weighted by Gasteiger charge is 2.39. The fraction of sp³-hybridized carbons (Fsp3) is 0.455. The van der Waals surface area contributed by atoms with Gasteiger partial charge in [0.15, 0.2) is 0 Å². The van der Waals surface area contributed by atoms with Gasteiger partial charge in [0, 0.05) is 30.1 Å². The number of likely N-dealkylation sites (tertiary alicyclic amines) is 1. The van der Waals surface area contributed by atoms with E-state index in [2.05, 4.69) is 15.6 Å². The highest BCUT2D eigenvalue weighted by atomic mass is 16.4. The minimum absolute atomic E-state index is 0.0921. The zero-order valence-electron chi connectivity index (χ0n) is 18.3. The molecule has 4 atom stereocenters. The molecule has 178 valence electrons. The number of amides is 3. The first-order valence-electron chi connectivity index (χ1n) is 10.8. The van der Waals surface area contributed by atoms with E-state index in [1.807, 2.05) is 24.3 Å². The van der Waals surface area contributed by atoms with Crippen LogP contribution in [0.2, 0.25) is 0 Å². The van der Waals surface area contributed by atoms with Crippen molar-refractivity contribution >= 4 is 34.6 Å². The molecule has 11 heteroatoms. The summed E-state index contributed by atoms with van der Waals surface area (Å²) in [4.78, 5) is 54.1. The predicted molar refractivity (Wildman–Crippen MR) is 119 cm³/mol. The lowest BCUT2D eigenvalue weighted by molar-refractivity contribution is -0.149. The maximum atomic E-state index is 13.4. The zero-order valence-corrected chi connectivity index (χ0v) is 18.3. The second kappa shape index (κ2) is 10.5. The van der Waals surface area contributed by atoms with Crippen molar-refractivity contribution in [3.8, 4) is 0 Å². The number of nitrogens with zero attached hydrogens (tertiary/aromatic N) is 1. The van der Waals surface area contributed by atoms with Gasteiger partial charge in [-0.05, 0) is 31.4 Å². The third kappa shape index (κ3) is 5.49. The van der Waals surface area contributed by atoms with Crippen molar-refractivity contribution in [1.82, 2.24) is 20.5 Å². The topological polar surface area (TPSA) is 178 Å². The number of fused-ring (bicyclic) bond motifs is 1. The number of benzene rings is 1. The van der Waals surface area contributed by atoms with E-state index >= 15 is 0 Å². The van der Waals surface area contributed by atoms with Crippen LogP contribution in [0.4, 0.5) is 0 Å². The number of nitrogens with two attached hydrogens (primary N) is 1. The average Bonchev–Trinajstić information content (AvgIpc) is 3.43. The number of hydrogen-bond acceptors (Lipinski definition) is 6. The molecule has 0 spiro atoms. The first-order valence-corrected chi connectivity index (χ1v) is 10.8. The van der Waals surface area contributed by atoms with Gasteiger partial charge >= 0.3 is 5.97 Å². The number of aromatic nitrogens is 1. The minimum Gasteiger partial charge on any atom is -0.480 e. The van der Waals surface area contributed by atoms with Gasteiger partial charge in [0.1, 0.15) is 18.1 Å². The molecular weight excluding hydrogens is 430 g/mol. The molecular formula is C22H29N5O6. The van der Waals surface area contributed by atoms with Crippen molar-refractivity contribution < 1.29 is 29.4 Å². The first-order chi connectivity index (χ1) is 15.7. The molecule has 1 aromatic heterocycles. The molecule has 1 aliphatic heterocycles. The smallest absolute Gasteiger partial charge is 0.326 e. The van der Waals surface area contributed by atoms with Gasteiger partial charge in [-0.15, -0.1) is 0 Å². The van der Waals surface area contributed by atoms with Crippen LogP contribution in [0.5, 0.6) is 0 Å². The number of carboxylic acid groups (broad SMARTS) is 1. The number of H-pyrrole nitrogens is 1. The van der Waals surface area contributed by atoms with Gasteiger partial charge in [-0.1, -0.05) is 18.2 Å². The predicted octanol–water partition coefficient (Wildman–Crippen LogP) is -0.905. The normalized spacial score (nSPS) is 18.5. The maximum Gasteiger partial charge on any atom is 0.326 e. The zero-order chi connectivity index (χ0) is 24.1. The Bertz CT molecular complexity index is 1040. The molecule has 2 aromatic rings. The van der Waals surface area contributed by atoms with Crippen molar-refractivity contribution in [3.05, 3.63) is 36.0 Å². The Balaban J connectivity index is 1.89. The van der Waals surface area contributed by atoms with Crippen LogP contribution in [0.1, 0.15) is 25.3 Å². The largest absolute Gasteiger partial charge is 0.480 e. The summed E-state index contributed by atoms with van der Waals surface area (Å²) in [6, 6.07) is 4.07. The van der Waals surface area contributed by atoms with Crippen molar-refractivity contribution in [1.29, 1.82) is 0 Å². The summed E-state index contributed by atoms with van der Waals surface area (Å²) >= 11 is 0.